The second-order valence-electron chi connectivity index (χ2n) is 9.37. The van der Waals surface area contributed by atoms with Crippen LogP contribution in [0.25, 0.3) is 0 Å². The number of likely N-dealkylation sites (tertiary alicyclic amines) is 1. The van der Waals surface area contributed by atoms with Crippen LogP contribution in [-0.2, 0) is 23.2 Å². The number of amides is 1. The molecule has 2 aliphatic carbocycles. The van der Waals surface area contributed by atoms with E-state index in [-0.39, 0.29) is 23.6 Å². The van der Waals surface area contributed by atoms with Crippen LogP contribution in [0.5, 0.6) is 5.75 Å². The maximum atomic E-state index is 13.2. The van der Waals surface area contributed by atoms with Crippen molar-refractivity contribution < 1.29 is 15.0 Å². The van der Waals surface area contributed by atoms with E-state index in [9.17, 15) is 15.0 Å². The van der Waals surface area contributed by atoms with E-state index in [4.69, 9.17) is 23.2 Å². The Balaban J connectivity index is 1.43. The van der Waals surface area contributed by atoms with Gasteiger partial charge in [0.15, 0.2) is 0 Å². The molecule has 7 heteroatoms. The zero-order valence-electron chi connectivity index (χ0n) is 17.4. The molecule has 4 atom stereocenters. The van der Waals surface area contributed by atoms with Crippen LogP contribution in [-0.4, -0.2) is 46.3 Å². The number of hydrogen-bond acceptors (Lipinski definition) is 4. The van der Waals surface area contributed by atoms with Crippen LogP contribution in [0, 0.1) is 5.92 Å². The van der Waals surface area contributed by atoms with Gasteiger partial charge < -0.3 is 20.4 Å². The molecule has 3 aliphatic rings. The van der Waals surface area contributed by atoms with Gasteiger partial charge in [-0.05, 0) is 80.2 Å². The normalized spacial score (nSPS) is 31.7. The van der Waals surface area contributed by atoms with Crippen molar-refractivity contribution in [3.8, 4) is 5.75 Å². The van der Waals surface area contributed by atoms with Gasteiger partial charge in [0, 0.05) is 23.9 Å². The fourth-order valence-electron chi connectivity index (χ4n) is 6.27. The van der Waals surface area contributed by atoms with E-state index >= 15 is 0 Å². The summed E-state index contributed by atoms with van der Waals surface area (Å²) in [6.45, 7) is 1.22. The third-order valence-corrected chi connectivity index (χ3v) is 8.54. The fourth-order valence-corrected chi connectivity index (χ4v) is 6.59. The van der Waals surface area contributed by atoms with Crippen LogP contribution in [0.3, 0.4) is 0 Å². The number of benzene rings is 2. The van der Waals surface area contributed by atoms with Crippen molar-refractivity contribution in [1.82, 2.24) is 10.2 Å². The van der Waals surface area contributed by atoms with Gasteiger partial charge in [-0.3, -0.25) is 4.79 Å². The summed E-state index contributed by atoms with van der Waals surface area (Å²) in [7, 11) is 2.05. The van der Waals surface area contributed by atoms with Crippen LogP contribution in [0.4, 0.5) is 0 Å². The average molecular weight is 461 g/mol. The van der Waals surface area contributed by atoms with Gasteiger partial charge in [0.25, 0.3) is 0 Å². The Morgan fingerprint density at radius 1 is 1.19 bits per heavy atom. The summed E-state index contributed by atoms with van der Waals surface area (Å²) >= 11 is 12.1. The molecule has 2 bridgehead atoms. The lowest BCUT2D eigenvalue weighted by atomic mass is 9.56. The maximum absolute atomic E-state index is 13.2. The van der Waals surface area contributed by atoms with Gasteiger partial charge in [0.05, 0.1) is 15.6 Å². The molecule has 2 aromatic carbocycles. The molecule has 0 unspecified atom stereocenters. The van der Waals surface area contributed by atoms with Crippen LogP contribution in [0.1, 0.15) is 36.0 Å². The fraction of sp³-hybridized carbons (Fsp3) is 0.458. The minimum Gasteiger partial charge on any atom is -0.508 e. The third kappa shape index (κ3) is 3.17. The largest absolute Gasteiger partial charge is 0.508 e. The molecule has 1 heterocycles. The highest BCUT2D eigenvalue weighted by molar-refractivity contribution is 6.42. The number of piperidine rings is 1. The molecule has 2 fully saturated rings. The Labute approximate surface area is 192 Å². The van der Waals surface area contributed by atoms with E-state index in [2.05, 4.69) is 17.3 Å². The molecule has 164 valence electrons. The Morgan fingerprint density at radius 2 is 2.00 bits per heavy atom. The summed E-state index contributed by atoms with van der Waals surface area (Å²) in [5.74, 6) is -0.145. The van der Waals surface area contributed by atoms with Crippen molar-refractivity contribution >= 4 is 29.1 Å². The number of nitrogens with zero attached hydrogens (tertiary/aromatic N) is 1. The smallest absolute Gasteiger partial charge is 0.223 e. The summed E-state index contributed by atoms with van der Waals surface area (Å²) in [4.78, 5) is 15.4. The molecule has 1 saturated heterocycles. The number of carbonyl (C=O) groups is 1. The second-order valence-corrected chi connectivity index (χ2v) is 10.2. The first-order valence-electron chi connectivity index (χ1n) is 10.7. The standard InChI is InChI=1S/C24H26Cl2N2O3/c1-28-7-6-23-11-16(22(30)27-13-14-2-5-19(25)20(26)8-14)12-24(23,31)21(28)9-15-3-4-17(29)10-18(15)23/h2-5,8,10,16,21,29,31H,6-7,9,11-13H2,1H3,(H,27,30)/t16-,21+,23+,24+/m0/s1. The molecule has 5 rings (SSSR count). The van der Waals surface area contributed by atoms with E-state index in [0.717, 1.165) is 36.1 Å². The number of likely N-dealkylation sites (N-methyl/N-ethyl adjacent to an activating group) is 1. The highest BCUT2D eigenvalue weighted by atomic mass is 35.5. The van der Waals surface area contributed by atoms with E-state index in [0.29, 0.717) is 29.4 Å². The average Bonchev–Trinajstić information content (AvgIpc) is 3.07. The van der Waals surface area contributed by atoms with Crippen molar-refractivity contribution in [1.29, 1.82) is 0 Å². The Morgan fingerprint density at radius 3 is 2.77 bits per heavy atom. The Hall–Kier alpha value is -1.79. The monoisotopic (exact) mass is 460 g/mol. The van der Waals surface area contributed by atoms with Crippen LogP contribution >= 0.6 is 23.2 Å². The maximum Gasteiger partial charge on any atom is 0.223 e. The van der Waals surface area contributed by atoms with Crippen molar-refractivity contribution in [3.05, 3.63) is 63.1 Å². The van der Waals surface area contributed by atoms with Crippen molar-refractivity contribution in [2.24, 2.45) is 5.92 Å². The number of hydrogen-bond donors (Lipinski definition) is 3. The third-order valence-electron chi connectivity index (χ3n) is 7.80. The first-order chi connectivity index (χ1) is 14.7. The minimum absolute atomic E-state index is 0.0360. The van der Waals surface area contributed by atoms with Crippen LogP contribution in [0.2, 0.25) is 10.0 Å². The summed E-state index contributed by atoms with van der Waals surface area (Å²) < 4.78 is 0. The molecule has 5 nitrogen and oxygen atoms in total. The minimum atomic E-state index is -0.994. The number of aromatic hydroxyl groups is 1. The van der Waals surface area contributed by atoms with Gasteiger partial charge >= 0.3 is 0 Å². The number of rotatable bonds is 3. The Bertz CT molecular complexity index is 1060. The quantitative estimate of drug-likeness (QED) is 0.653. The van der Waals surface area contributed by atoms with Crippen molar-refractivity contribution in [3.63, 3.8) is 0 Å². The number of phenols is 1. The SMILES string of the molecule is CN1CC[C@]23C[C@H](C(=O)NCc4ccc(Cl)c(Cl)c4)C[C@@]2(O)[C@H]1Cc1ccc(O)cc13. The molecule has 0 aromatic heterocycles. The predicted molar refractivity (Wildman–Crippen MR) is 121 cm³/mol. The number of phenolic OH excluding ortho intramolecular Hbond substituents is 1. The van der Waals surface area contributed by atoms with Crippen LogP contribution < -0.4 is 5.32 Å². The number of aliphatic hydroxyl groups is 1. The zero-order chi connectivity index (χ0) is 22.0. The van der Waals surface area contributed by atoms with Gasteiger partial charge in [-0.15, -0.1) is 0 Å². The lowest BCUT2D eigenvalue weighted by Gasteiger charge is -2.58. The number of halogens is 2. The first-order valence-corrected chi connectivity index (χ1v) is 11.5. The molecule has 1 amide bonds. The summed E-state index contributed by atoms with van der Waals surface area (Å²) in [5.41, 5.74) is 1.55. The summed E-state index contributed by atoms with van der Waals surface area (Å²) in [6.07, 6.45) is 2.49. The van der Waals surface area contributed by atoms with Crippen LogP contribution in [0.15, 0.2) is 36.4 Å². The summed E-state index contributed by atoms with van der Waals surface area (Å²) in [5, 5.41) is 26.2. The topological polar surface area (TPSA) is 72.8 Å². The van der Waals surface area contributed by atoms with Crippen molar-refractivity contribution in [2.45, 2.75) is 49.3 Å². The van der Waals surface area contributed by atoms with Gasteiger partial charge in [-0.1, -0.05) is 35.3 Å². The molecule has 31 heavy (non-hydrogen) atoms. The number of carbonyl (C=O) groups excluding carboxylic acids is 1. The lowest BCUT2D eigenvalue weighted by Crippen LogP contribution is -2.68. The van der Waals surface area contributed by atoms with Crippen molar-refractivity contribution in [2.75, 3.05) is 13.6 Å². The molecule has 0 spiro atoms. The van der Waals surface area contributed by atoms with Gasteiger partial charge in [-0.2, -0.15) is 0 Å². The van der Waals surface area contributed by atoms with E-state index < -0.39 is 11.0 Å². The highest BCUT2D eigenvalue weighted by Gasteiger charge is 2.67. The predicted octanol–water partition coefficient (Wildman–Crippen LogP) is 3.65. The molecular weight excluding hydrogens is 435 g/mol. The van der Waals surface area contributed by atoms with E-state index in [1.54, 1.807) is 24.3 Å². The number of fused-ring (bicyclic) bond motifs is 1. The second kappa shape index (κ2) is 7.38. The van der Waals surface area contributed by atoms with E-state index in [1.165, 1.54) is 0 Å². The lowest BCUT2D eigenvalue weighted by molar-refractivity contribution is -0.129. The summed E-state index contributed by atoms with van der Waals surface area (Å²) in [6, 6.07) is 10.8. The molecule has 0 radical (unpaired) electrons. The van der Waals surface area contributed by atoms with Gasteiger partial charge in [-0.25, -0.2) is 0 Å². The molecule has 2 aromatic rings. The van der Waals surface area contributed by atoms with E-state index in [1.807, 2.05) is 12.1 Å². The Kier molecular flexibility index (Phi) is 5.02. The number of nitrogens with one attached hydrogen (secondary N) is 1. The molecule has 1 aliphatic heterocycles. The molecule has 3 N–H and O–H groups in total. The highest BCUT2D eigenvalue weighted by Crippen LogP contribution is 2.61. The molecular formula is C24H26Cl2N2O3. The first kappa shape index (κ1) is 21.1. The van der Waals surface area contributed by atoms with Gasteiger partial charge in [0.1, 0.15) is 5.75 Å². The zero-order valence-corrected chi connectivity index (χ0v) is 18.9. The van der Waals surface area contributed by atoms with Gasteiger partial charge in [0.2, 0.25) is 5.91 Å². The molecule has 1 saturated carbocycles.